The normalized spacial score (nSPS) is 22.9. The molecule has 2 nitrogen and oxygen atoms in total. The minimum atomic E-state index is -0.544. The van der Waals surface area contributed by atoms with Crippen LogP contribution in [0.3, 0.4) is 0 Å². The lowest BCUT2D eigenvalue weighted by Crippen LogP contribution is -2.31. The van der Waals surface area contributed by atoms with Gasteiger partial charge in [-0.3, -0.25) is 4.79 Å². The van der Waals surface area contributed by atoms with Crippen LogP contribution in [0, 0.1) is 13.8 Å². The maximum Gasteiger partial charge on any atom is 0.181 e. The van der Waals surface area contributed by atoms with Crippen molar-refractivity contribution in [2.75, 3.05) is 0 Å². The SMILES string of the molecule is CC1=CC(C)(Oc2ccc(C)cc2C)C=CC1=O. The minimum absolute atomic E-state index is 0.0525. The highest BCUT2D eigenvalue weighted by Crippen LogP contribution is 2.28. The Morgan fingerprint density at radius 2 is 1.89 bits per heavy atom. The van der Waals surface area contributed by atoms with Crippen LogP contribution in [0.2, 0.25) is 0 Å². The van der Waals surface area contributed by atoms with E-state index in [1.807, 2.05) is 45.1 Å². The monoisotopic (exact) mass is 242 g/mol. The molecule has 2 heteroatoms. The topological polar surface area (TPSA) is 26.3 Å². The molecule has 0 amide bonds. The highest BCUT2D eigenvalue weighted by molar-refractivity contribution is 6.04. The second-order valence-electron chi connectivity index (χ2n) is 5.08. The molecule has 0 saturated heterocycles. The van der Waals surface area contributed by atoms with Crippen LogP contribution in [0.25, 0.3) is 0 Å². The number of hydrogen-bond acceptors (Lipinski definition) is 2. The number of hydrogen-bond donors (Lipinski definition) is 0. The van der Waals surface area contributed by atoms with Crippen molar-refractivity contribution < 1.29 is 9.53 Å². The van der Waals surface area contributed by atoms with Crippen molar-refractivity contribution in [3.8, 4) is 5.75 Å². The van der Waals surface area contributed by atoms with E-state index < -0.39 is 5.60 Å². The maximum absolute atomic E-state index is 11.4. The maximum atomic E-state index is 11.4. The Bertz CT molecular complexity index is 552. The van der Waals surface area contributed by atoms with Crippen molar-refractivity contribution in [2.45, 2.75) is 33.3 Å². The Hall–Kier alpha value is -1.83. The lowest BCUT2D eigenvalue weighted by molar-refractivity contribution is -0.111. The molecule has 2 rings (SSSR count). The molecule has 0 radical (unpaired) electrons. The molecule has 94 valence electrons. The van der Waals surface area contributed by atoms with Crippen molar-refractivity contribution in [3.63, 3.8) is 0 Å². The van der Waals surface area contributed by atoms with Gasteiger partial charge in [0, 0.05) is 0 Å². The van der Waals surface area contributed by atoms with Gasteiger partial charge in [0.2, 0.25) is 0 Å². The van der Waals surface area contributed by atoms with E-state index >= 15 is 0 Å². The Labute approximate surface area is 108 Å². The predicted molar refractivity (Wildman–Crippen MR) is 72.9 cm³/mol. The number of rotatable bonds is 2. The Kier molecular flexibility index (Phi) is 3.12. The summed E-state index contributed by atoms with van der Waals surface area (Å²) < 4.78 is 6.03. The Balaban J connectivity index is 2.29. The lowest BCUT2D eigenvalue weighted by atomic mass is 9.94. The number of ether oxygens (including phenoxy) is 1. The summed E-state index contributed by atoms with van der Waals surface area (Å²) in [5.74, 6) is 0.905. The van der Waals surface area contributed by atoms with Gasteiger partial charge in [-0.05, 0) is 63.1 Å². The molecule has 0 aliphatic heterocycles. The molecular formula is C16H18O2. The van der Waals surface area contributed by atoms with Crippen LogP contribution in [0.15, 0.2) is 42.0 Å². The molecule has 0 spiro atoms. The first-order valence-electron chi connectivity index (χ1n) is 6.09. The molecule has 0 heterocycles. The van der Waals surface area contributed by atoms with E-state index in [9.17, 15) is 4.79 Å². The zero-order chi connectivity index (χ0) is 13.3. The fraction of sp³-hybridized carbons (Fsp3) is 0.312. The zero-order valence-corrected chi connectivity index (χ0v) is 11.3. The van der Waals surface area contributed by atoms with Crippen LogP contribution in [0.5, 0.6) is 5.75 Å². The van der Waals surface area contributed by atoms with E-state index in [1.165, 1.54) is 5.56 Å². The summed E-state index contributed by atoms with van der Waals surface area (Å²) in [4.78, 5) is 11.4. The van der Waals surface area contributed by atoms with Gasteiger partial charge in [-0.2, -0.15) is 0 Å². The Morgan fingerprint density at radius 1 is 1.17 bits per heavy atom. The number of ketones is 1. The highest BCUT2D eigenvalue weighted by Gasteiger charge is 2.25. The van der Waals surface area contributed by atoms with Crippen molar-refractivity contribution in [3.05, 3.63) is 53.1 Å². The van der Waals surface area contributed by atoms with Gasteiger partial charge in [-0.15, -0.1) is 0 Å². The average Bonchev–Trinajstić information content (AvgIpc) is 2.28. The first-order chi connectivity index (χ1) is 8.39. The van der Waals surface area contributed by atoms with Crippen LogP contribution in [0.4, 0.5) is 0 Å². The van der Waals surface area contributed by atoms with Crippen LogP contribution in [-0.4, -0.2) is 11.4 Å². The molecule has 1 aromatic carbocycles. The molecular weight excluding hydrogens is 224 g/mol. The van der Waals surface area contributed by atoms with E-state index in [-0.39, 0.29) is 5.78 Å². The summed E-state index contributed by atoms with van der Waals surface area (Å²) in [6, 6.07) is 6.09. The quantitative estimate of drug-likeness (QED) is 0.793. The van der Waals surface area contributed by atoms with Gasteiger partial charge in [0.15, 0.2) is 5.78 Å². The molecule has 0 N–H and O–H groups in total. The smallest absolute Gasteiger partial charge is 0.181 e. The van der Waals surface area contributed by atoms with Crippen LogP contribution >= 0.6 is 0 Å². The summed E-state index contributed by atoms with van der Waals surface area (Å²) in [5.41, 5.74) is 2.50. The minimum Gasteiger partial charge on any atom is -0.479 e. The van der Waals surface area contributed by atoms with Gasteiger partial charge in [0.25, 0.3) is 0 Å². The van der Waals surface area contributed by atoms with Gasteiger partial charge in [0.05, 0.1) is 0 Å². The van der Waals surface area contributed by atoms with Gasteiger partial charge >= 0.3 is 0 Å². The Morgan fingerprint density at radius 3 is 2.50 bits per heavy atom. The number of aryl methyl sites for hydroxylation is 2. The summed E-state index contributed by atoms with van der Waals surface area (Å²) in [6.07, 6.45) is 5.26. The van der Waals surface area contributed by atoms with E-state index in [2.05, 4.69) is 13.0 Å². The van der Waals surface area contributed by atoms with Crippen molar-refractivity contribution in [1.29, 1.82) is 0 Å². The average molecular weight is 242 g/mol. The second kappa shape index (κ2) is 4.45. The third-order valence-corrected chi connectivity index (χ3v) is 3.12. The first kappa shape index (κ1) is 12.6. The largest absolute Gasteiger partial charge is 0.479 e. The molecule has 0 bridgehead atoms. The van der Waals surface area contributed by atoms with Crippen molar-refractivity contribution in [1.82, 2.24) is 0 Å². The third-order valence-electron chi connectivity index (χ3n) is 3.12. The van der Waals surface area contributed by atoms with Gasteiger partial charge in [0.1, 0.15) is 11.4 Å². The van der Waals surface area contributed by atoms with Crippen LogP contribution < -0.4 is 4.74 Å². The number of allylic oxidation sites excluding steroid dienone is 2. The molecule has 0 aromatic heterocycles. The third kappa shape index (κ3) is 2.53. The van der Waals surface area contributed by atoms with E-state index in [0.29, 0.717) is 0 Å². The molecule has 1 aliphatic rings. The van der Waals surface area contributed by atoms with E-state index in [4.69, 9.17) is 4.74 Å². The summed E-state index contributed by atoms with van der Waals surface area (Å²) in [7, 11) is 0. The lowest BCUT2D eigenvalue weighted by Gasteiger charge is -2.28. The summed E-state index contributed by atoms with van der Waals surface area (Å²) in [5, 5.41) is 0. The number of carbonyl (C=O) groups excluding carboxylic acids is 1. The molecule has 1 atom stereocenters. The number of carbonyl (C=O) groups is 1. The van der Waals surface area contributed by atoms with Gasteiger partial charge in [-0.1, -0.05) is 17.7 Å². The fourth-order valence-electron chi connectivity index (χ4n) is 2.14. The molecule has 1 unspecified atom stereocenters. The predicted octanol–water partition coefficient (Wildman–Crippen LogP) is 3.53. The highest BCUT2D eigenvalue weighted by atomic mass is 16.5. The van der Waals surface area contributed by atoms with Crippen molar-refractivity contribution >= 4 is 5.78 Å². The fourth-order valence-corrected chi connectivity index (χ4v) is 2.14. The molecule has 1 aromatic rings. The van der Waals surface area contributed by atoms with Crippen molar-refractivity contribution in [2.24, 2.45) is 0 Å². The summed E-state index contributed by atoms with van der Waals surface area (Å²) >= 11 is 0. The van der Waals surface area contributed by atoms with Gasteiger partial charge in [-0.25, -0.2) is 0 Å². The summed E-state index contributed by atoms with van der Waals surface area (Å²) in [6.45, 7) is 7.86. The second-order valence-corrected chi connectivity index (χ2v) is 5.08. The zero-order valence-electron chi connectivity index (χ0n) is 11.3. The molecule has 1 aliphatic carbocycles. The van der Waals surface area contributed by atoms with E-state index in [0.717, 1.165) is 16.9 Å². The molecule has 18 heavy (non-hydrogen) atoms. The molecule has 0 fully saturated rings. The molecule has 0 saturated carbocycles. The van der Waals surface area contributed by atoms with E-state index in [1.54, 1.807) is 6.08 Å². The van der Waals surface area contributed by atoms with Crippen LogP contribution in [-0.2, 0) is 4.79 Å². The van der Waals surface area contributed by atoms with Gasteiger partial charge < -0.3 is 4.74 Å². The number of benzene rings is 1. The first-order valence-corrected chi connectivity index (χ1v) is 6.09. The standard InChI is InChI=1S/C16H18O2/c1-11-5-6-15(12(2)9-11)18-16(4)8-7-14(17)13(3)10-16/h5-10H,1-4H3. The van der Waals surface area contributed by atoms with Crippen LogP contribution in [0.1, 0.15) is 25.0 Å².